The summed E-state index contributed by atoms with van der Waals surface area (Å²) in [5.74, 6) is -0.490. The van der Waals surface area contributed by atoms with Crippen LogP contribution >= 0.6 is 7.82 Å². The van der Waals surface area contributed by atoms with Crippen LogP contribution in [0.4, 0.5) is 0 Å². The van der Waals surface area contributed by atoms with Crippen molar-refractivity contribution >= 4 is 19.7 Å². The Hall–Kier alpha value is -2.03. The third kappa shape index (κ3) is 64.4. The Kier molecular flexibility index (Phi) is 62.4. The highest BCUT2D eigenvalue weighted by Crippen LogP contribution is 2.43. The Bertz CT molecular complexity index is 1570. The lowest BCUT2D eigenvalue weighted by molar-refractivity contribution is -0.870. The van der Waals surface area contributed by atoms with Gasteiger partial charge in [0.1, 0.15) is 19.3 Å². The van der Waals surface area contributed by atoms with Crippen molar-refractivity contribution in [3.05, 3.63) is 48.6 Å². The Balaban J connectivity index is 4.98. The molecule has 0 fully saturated rings. The number of phosphoric ester groups is 1. The first-order valence-electron chi connectivity index (χ1n) is 36.5. The predicted octanol–water partition coefficient (Wildman–Crippen LogP) is 23.2. The van der Waals surface area contributed by atoms with E-state index in [4.69, 9.17) is 13.8 Å². The van der Waals surface area contributed by atoms with Crippen molar-refractivity contribution < 1.29 is 37.3 Å². The molecule has 0 heterocycles. The average molecular weight is 1200 g/mol. The summed E-state index contributed by atoms with van der Waals surface area (Å²) in [5.41, 5.74) is 0. The van der Waals surface area contributed by atoms with Gasteiger partial charge in [-0.3, -0.25) is 18.6 Å². The summed E-state index contributed by atoms with van der Waals surface area (Å²) in [6.45, 7) is 7.03. The molecule has 0 aliphatic rings. The minimum atomic E-state index is -4.45. The van der Waals surface area contributed by atoms with Gasteiger partial charge in [0, 0.05) is 12.8 Å². The maximum absolute atomic E-state index is 13.6. The molecule has 0 radical (unpaired) electrons. The molecule has 494 valence electrons. The number of rotatable bonds is 67. The first-order chi connectivity index (χ1) is 40.9. The van der Waals surface area contributed by atoms with Crippen LogP contribution in [0.25, 0.3) is 0 Å². The van der Waals surface area contributed by atoms with Crippen LogP contribution in [0.5, 0.6) is 0 Å². The minimum Gasteiger partial charge on any atom is -0.456 e. The first kappa shape index (κ1) is 82.0. The standard InChI is InChI=1S/C74H141N2O7P/c1-7-10-13-16-19-22-25-28-30-32-34-35-36-37-38-39-40-41-43-45-47-49-52-55-58-61-64-67-74(78)83-72(65-62-59-56-53-50-27-24-21-18-15-12-9-3)71(70-82-84(79,80)81-69-68-76(4,5)6)75-73(77)66-63-60-57-54-51-48-46-44-42-33-31-29-26-23-20-17-14-11-8-2/h19,22,28-31,62,65,71-72H,7-18,20-21,23-27,32-61,63-64,66-70H2,1-6H3,(H-,75,77,79,80)/p+1/b22-19-,30-28-,31-29+,65-62-. The van der Waals surface area contributed by atoms with Crippen LogP contribution in [0.1, 0.15) is 361 Å². The fraction of sp³-hybridized carbons (Fsp3) is 0.865. The Morgan fingerprint density at radius 2 is 0.726 bits per heavy atom. The Labute approximate surface area is 522 Å². The number of amides is 1. The summed E-state index contributed by atoms with van der Waals surface area (Å²) < 4.78 is 30.8. The molecule has 0 aromatic heterocycles. The normalized spacial score (nSPS) is 13.8. The number of allylic oxidation sites excluding steroid dienone is 7. The van der Waals surface area contributed by atoms with Gasteiger partial charge in [-0.1, -0.05) is 307 Å². The van der Waals surface area contributed by atoms with Gasteiger partial charge in [0.15, 0.2) is 0 Å². The van der Waals surface area contributed by atoms with Crippen LogP contribution in [0, 0.1) is 0 Å². The molecule has 0 saturated heterocycles. The van der Waals surface area contributed by atoms with Gasteiger partial charge in [-0.2, -0.15) is 0 Å². The van der Waals surface area contributed by atoms with E-state index >= 15 is 0 Å². The summed E-state index contributed by atoms with van der Waals surface area (Å²) in [4.78, 5) is 37.9. The number of unbranched alkanes of at least 4 members (excludes halogenated alkanes) is 45. The van der Waals surface area contributed by atoms with Crippen molar-refractivity contribution in [2.45, 2.75) is 373 Å². The molecule has 0 rings (SSSR count). The van der Waals surface area contributed by atoms with E-state index in [0.29, 0.717) is 23.9 Å². The third-order valence-corrected chi connectivity index (χ3v) is 17.5. The van der Waals surface area contributed by atoms with Gasteiger partial charge >= 0.3 is 13.8 Å². The van der Waals surface area contributed by atoms with Crippen molar-refractivity contribution in [3.8, 4) is 0 Å². The molecule has 3 unspecified atom stereocenters. The van der Waals surface area contributed by atoms with Gasteiger partial charge < -0.3 is 19.4 Å². The summed E-state index contributed by atoms with van der Waals surface area (Å²) in [6, 6.07) is -0.848. The second-order valence-electron chi connectivity index (χ2n) is 26.1. The highest BCUT2D eigenvalue weighted by molar-refractivity contribution is 7.47. The molecule has 0 aromatic carbocycles. The quantitative estimate of drug-likeness (QED) is 0.0205. The minimum absolute atomic E-state index is 0.0417. The smallest absolute Gasteiger partial charge is 0.456 e. The molecule has 10 heteroatoms. The Morgan fingerprint density at radius 1 is 0.417 bits per heavy atom. The zero-order valence-electron chi connectivity index (χ0n) is 56.7. The molecule has 0 aliphatic carbocycles. The summed E-state index contributed by atoms with van der Waals surface area (Å²) in [6.07, 6.45) is 81.3. The number of phosphoric acid groups is 1. The number of carbonyl (C=O) groups is 2. The van der Waals surface area contributed by atoms with Crippen LogP contribution in [-0.2, 0) is 27.9 Å². The SMILES string of the molecule is CCCCC/C=C\C/C=C\CCCCCCCCCCCCCCCCCCCC(=O)OC(/C=C\CCCCCCCCCCCC)C(COP(=O)(O)OCC[N+](C)(C)C)NC(=O)CCCCCCCCCCC/C=C/CCCCCCCC. The molecule has 3 atom stereocenters. The van der Waals surface area contributed by atoms with Crippen molar-refractivity contribution in [2.24, 2.45) is 0 Å². The van der Waals surface area contributed by atoms with E-state index in [1.165, 1.54) is 263 Å². The summed E-state index contributed by atoms with van der Waals surface area (Å²) in [7, 11) is 1.51. The lowest BCUT2D eigenvalue weighted by atomic mass is 10.0. The molecule has 0 aromatic rings. The van der Waals surface area contributed by atoms with E-state index in [-0.39, 0.29) is 25.1 Å². The fourth-order valence-corrected chi connectivity index (χ4v) is 11.6. The van der Waals surface area contributed by atoms with Crippen LogP contribution in [0.3, 0.4) is 0 Å². The highest BCUT2D eigenvalue weighted by Gasteiger charge is 2.30. The van der Waals surface area contributed by atoms with E-state index in [1.54, 1.807) is 0 Å². The van der Waals surface area contributed by atoms with E-state index in [0.717, 1.165) is 64.2 Å². The molecule has 0 bridgehead atoms. The van der Waals surface area contributed by atoms with Crippen LogP contribution in [-0.4, -0.2) is 74.3 Å². The van der Waals surface area contributed by atoms with Crippen LogP contribution in [0.15, 0.2) is 48.6 Å². The molecule has 0 aliphatic heterocycles. The molecular formula is C74H142N2O7P+. The number of nitrogens with one attached hydrogen (secondary N) is 1. The number of esters is 1. The summed E-state index contributed by atoms with van der Waals surface area (Å²) >= 11 is 0. The van der Waals surface area contributed by atoms with Gasteiger partial charge in [-0.15, -0.1) is 0 Å². The number of hydrogen-bond acceptors (Lipinski definition) is 6. The van der Waals surface area contributed by atoms with Gasteiger partial charge in [-0.05, 0) is 89.5 Å². The molecule has 0 saturated carbocycles. The van der Waals surface area contributed by atoms with Crippen LogP contribution < -0.4 is 5.32 Å². The molecule has 9 nitrogen and oxygen atoms in total. The fourth-order valence-electron chi connectivity index (χ4n) is 10.9. The number of carbonyl (C=O) groups excluding carboxylic acids is 2. The summed E-state index contributed by atoms with van der Waals surface area (Å²) in [5, 5.41) is 3.07. The second-order valence-corrected chi connectivity index (χ2v) is 27.6. The number of quaternary nitrogens is 1. The Morgan fingerprint density at radius 3 is 1.11 bits per heavy atom. The van der Waals surface area contributed by atoms with Gasteiger partial charge in [0.25, 0.3) is 0 Å². The monoisotopic (exact) mass is 1200 g/mol. The molecular weight excluding hydrogens is 1060 g/mol. The van der Waals surface area contributed by atoms with E-state index in [2.05, 4.69) is 62.5 Å². The van der Waals surface area contributed by atoms with Gasteiger partial charge in [0.05, 0.1) is 33.8 Å². The first-order valence-corrected chi connectivity index (χ1v) is 38.0. The maximum Gasteiger partial charge on any atom is 0.472 e. The van der Waals surface area contributed by atoms with Gasteiger partial charge in [-0.25, -0.2) is 4.57 Å². The molecule has 0 spiro atoms. The number of nitrogens with zero attached hydrogens (tertiary/aromatic N) is 1. The number of ether oxygens (including phenoxy) is 1. The zero-order chi connectivity index (χ0) is 61.4. The lowest BCUT2D eigenvalue weighted by Gasteiger charge is -2.27. The third-order valence-electron chi connectivity index (χ3n) is 16.5. The van der Waals surface area contributed by atoms with E-state index < -0.39 is 20.0 Å². The van der Waals surface area contributed by atoms with Crippen molar-refractivity contribution in [1.82, 2.24) is 5.32 Å². The van der Waals surface area contributed by atoms with E-state index in [9.17, 15) is 19.0 Å². The van der Waals surface area contributed by atoms with Crippen LogP contribution in [0.2, 0.25) is 0 Å². The van der Waals surface area contributed by atoms with Crippen molar-refractivity contribution in [2.75, 3.05) is 40.9 Å². The predicted molar refractivity (Wildman–Crippen MR) is 365 cm³/mol. The molecule has 84 heavy (non-hydrogen) atoms. The lowest BCUT2D eigenvalue weighted by Crippen LogP contribution is -2.47. The second kappa shape index (κ2) is 64.0. The molecule has 1 amide bonds. The van der Waals surface area contributed by atoms with E-state index in [1.807, 2.05) is 33.3 Å². The molecule has 2 N–H and O–H groups in total. The largest absolute Gasteiger partial charge is 0.472 e. The number of likely N-dealkylation sites (N-methyl/N-ethyl adjacent to an activating group) is 1. The highest BCUT2D eigenvalue weighted by atomic mass is 31.2. The topological polar surface area (TPSA) is 111 Å². The van der Waals surface area contributed by atoms with Crippen molar-refractivity contribution in [1.29, 1.82) is 0 Å². The number of hydrogen-bond donors (Lipinski definition) is 2. The average Bonchev–Trinajstić information content (AvgIpc) is 3.65. The van der Waals surface area contributed by atoms with Gasteiger partial charge in [0.2, 0.25) is 5.91 Å². The maximum atomic E-state index is 13.6. The van der Waals surface area contributed by atoms with Crippen molar-refractivity contribution in [3.63, 3.8) is 0 Å². The zero-order valence-corrected chi connectivity index (χ0v) is 57.6.